The maximum atomic E-state index is 14.1. The van der Waals surface area contributed by atoms with E-state index in [0.717, 1.165) is 148 Å². The normalized spacial score (nSPS) is 22.6. The van der Waals surface area contributed by atoms with E-state index < -0.39 is 94.2 Å². The van der Waals surface area contributed by atoms with Gasteiger partial charge >= 0.3 is 13.8 Å². The molecule has 522 valence electrons. The Labute approximate surface area is 537 Å². The number of phosphoric ester groups is 1. The molecule has 89 heavy (non-hydrogen) atoms. The van der Waals surface area contributed by atoms with Crippen molar-refractivity contribution in [3.05, 3.63) is 12.2 Å². The summed E-state index contributed by atoms with van der Waals surface area (Å²) in [7, 11) is -2.22. The third-order valence-electron chi connectivity index (χ3n) is 17.0. The molecule has 3 unspecified atom stereocenters. The Kier molecular flexibility index (Phi) is 50.0. The minimum atomic E-state index is -5.24. The van der Waals surface area contributed by atoms with E-state index in [4.69, 9.17) is 42.4 Å². The van der Waals surface area contributed by atoms with Crippen LogP contribution in [-0.2, 0) is 66.2 Å². The van der Waals surface area contributed by atoms with Gasteiger partial charge in [-0.15, -0.1) is 0 Å². The molecule has 0 saturated carbocycles. The second kappa shape index (κ2) is 53.9. The van der Waals surface area contributed by atoms with Gasteiger partial charge in [0, 0.05) is 53.1 Å². The number of ketones is 1. The van der Waals surface area contributed by atoms with Gasteiger partial charge in [0.15, 0.2) is 12.6 Å². The number of carbonyl (C=O) groups is 4. The topological polar surface area (TPSA) is 273 Å². The first-order valence-corrected chi connectivity index (χ1v) is 36.8. The maximum absolute atomic E-state index is 14.1. The molecule has 2 amide bonds. The molecule has 0 spiro atoms. The Morgan fingerprint density at radius 3 is 1.49 bits per heavy atom. The fraction of sp³-hybridized carbons (Fsp3) is 0.912. The summed E-state index contributed by atoms with van der Waals surface area (Å²) in [6, 6.07) is -2.48. The van der Waals surface area contributed by atoms with Crippen LogP contribution < -0.4 is 10.6 Å². The zero-order valence-electron chi connectivity index (χ0n) is 56.3. The number of ether oxygens (including phenoxy) is 8. The standard InChI is InChI=1S/C68H127N2O18P/c1-7-11-15-19-22-25-26-27-28-29-30-31-33-37-41-45-58(72)69-62-66(83-50-48-55(81-6)44-40-35-18-14-10-4)64(88-89(77,78)79)57(51-80-5)87-68(62)84-52-56-63(76)65(82-49-42-38-34-24-21-17-13-9-3)61(67(86-56)85-53-60(74)75)70-59(73)47-46-54(71)43-39-36-32-23-20-16-12-8-2/h25-26,55-57,61-68,76H,7-24,27-53H2,1-6H3,(H,69,72)(H,70,73)(H,74,75)(H2,77,78,79)/b26-25-/t55?,56-,57-,61-,62?,63-,64?,65-,66-,67+,68-/m1/s1. The maximum Gasteiger partial charge on any atom is 0.470 e. The molecule has 2 heterocycles. The third kappa shape index (κ3) is 40.4. The number of phosphoric acid groups is 1. The van der Waals surface area contributed by atoms with Crippen LogP contribution in [0.2, 0.25) is 0 Å². The van der Waals surface area contributed by atoms with Crippen molar-refractivity contribution in [3.63, 3.8) is 0 Å². The molecule has 11 atom stereocenters. The summed E-state index contributed by atoms with van der Waals surface area (Å²) in [5.41, 5.74) is 0. The highest BCUT2D eigenvalue weighted by molar-refractivity contribution is 7.46. The van der Waals surface area contributed by atoms with Gasteiger partial charge in [0.1, 0.15) is 61.1 Å². The molecule has 0 aromatic rings. The fourth-order valence-electron chi connectivity index (χ4n) is 11.7. The van der Waals surface area contributed by atoms with Gasteiger partial charge in [-0.25, -0.2) is 9.36 Å². The van der Waals surface area contributed by atoms with Gasteiger partial charge in [-0.05, 0) is 57.8 Å². The minimum absolute atomic E-state index is 0.00281. The second-order valence-electron chi connectivity index (χ2n) is 24.9. The Morgan fingerprint density at radius 2 is 0.955 bits per heavy atom. The van der Waals surface area contributed by atoms with Crippen LogP contribution in [-0.4, -0.2) is 158 Å². The van der Waals surface area contributed by atoms with Crippen molar-refractivity contribution in [1.29, 1.82) is 0 Å². The molecule has 0 radical (unpaired) electrons. The number of carboxylic acid groups (broad SMARTS) is 1. The first-order chi connectivity index (χ1) is 43.1. The van der Waals surface area contributed by atoms with Crippen molar-refractivity contribution in [2.75, 3.05) is 47.3 Å². The monoisotopic (exact) mass is 1290 g/mol. The van der Waals surface area contributed by atoms with E-state index in [1.807, 2.05) is 0 Å². The van der Waals surface area contributed by atoms with Crippen molar-refractivity contribution >= 4 is 31.4 Å². The summed E-state index contributed by atoms with van der Waals surface area (Å²) in [4.78, 5) is 73.7. The highest BCUT2D eigenvalue weighted by Gasteiger charge is 2.53. The number of unbranched alkanes of at least 4 members (excludes halogenated alkanes) is 29. The van der Waals surface area contributed by atoms with E-state index in [9.17, 15) is 43.7 Å². The number of hydrogen-bond donors (Lipinski definition) is 6. The van der Waals surface area contributed by atoms with E-state index in [1.54, 1.807) is 7.11 Å². The average Bonchev–Trinajstić information content (AvgIpc) is 1.22. The van der Waals surface area contributed by atoms with Crippen LogP contribution in [0, 0.1) is 0 Å². The lowest BCUT2D eigenvalue weighted by Crippen LogP contribution is -2.67. The molecule has 0 aromatic heterocycles. The lowest BCUT2D eigenvalue weighted by molar-refractivity contribution is -0.308. The Hall–Kier alpha value is -2.43. The molecule has 0 aliphatic carbocycles. The number of carbonyl (C=O) groups excluding carboxylic acids is 3. The average molecular weight is 1290 g/mol. The highest BCUT2D eigenvalue weighted by Crippen LogP contribution is 2.43. The van der Waals surface area contributed by atoms with E-state index >= 15 is 0 Å². The first-order valence-electron chi connectivity index (χ1n) is 35.3. The molecule has 6 N–H and O–H groups in total. The molecule has 0 aromatic carbocycles. The molecule has 2 aliphatic rings. The lowest BCUT2D eigenvalue weighted by Gasteiger charge is -2.47. The Bertz CT molecular complexity index is 1850. The number of allylic oxidation sites excluding steroid dienone is 2. The zero-order chi connectivity index (χ0) is 65.2. The molecular weight excluding hydrogens is 1160 g/mol. The Balaban J connectivity index is 2.44. The smallest absolute Gasteiger partial charge is 0.470 e. The molecule has 2 rings (SSSR count). The highest BCUT2D eigenvalue weighted by atomic mass is 31.2. The SMILES string of the molecule is CCCCCC/C=C\CCCCCCCCCC(=O)NC1[C@H](OC[C@H]2O[C@H](OCC(=O)O)[C@H](NC(=O)CCC(=O)CCCCCCCCCC)[C@@H](OCCCCCCCCCC)[C@@H]2O)O[C@H](COC)C(OP(=O)(O)O)[C@@H]1OCCC(CCCCCCC)OC. The van der Waals surface area contributed by atoms with Crippen LogP contribution in [0.1, 0.15) is 285 Å². The van der Waals surface area contributed by atoms with Crippen LogP contribution >= 0.6 is 7.82 Å². The van der Waals surface area contributed by atoms with Crippen molar-refractivity contribution in [2.24, 2.45) is 0 Å². The van der Waals surface area contributed by atoms with E-state index in [0.29, 0.717) is 25.7 Å². The van der Waals surface area contributed by atoms with Crippen LogP contribution in [0.3, 0.4) is 0 Å². The van der Waals surface area contributed by atoms with Crippen molar-refractivity contribution in [2.45, 2.75) is 352 Å². The van der Waals surface area contributed by atoms with Crippen molar-refractivity contribution < 1.29 is 86.2 Å². The van der Waals surface area contributed by atoms with Crippen LogP contribution in [0.4, 0.5) is 0 Å². The van der Waals surface area contributed by atoms with Gasteiger partial charge in [-0.2, -0.15) is 0 Å². The molecular formula is C68H127N2O18P. The molecule has 2 aliphatic heterocycles. The number of hydrogen-bond acceptors (Lipinski definition) is 15. The molecule has 0 bridgehead atoms. The molecule has 2 fully saturated rings. The predicted molar refractivity (Wildman–Crippen MR) is 347 cm³/mol. The second-order valence-corrected chi connectivity index (χ2v) is 26.1. The van der Waals surface area contributed by atoms with E-state index in [-0.39, 0.29) is 56.9 Å². The van der Waals surface area contributed by atoms with Crippen molar-refractivity contribution in [1.82, 2.24) is 10.6 Å². The van der Waals surface area contributed by atoms with E-state index in [1.165, 1.54) is 71.3 Å². The van der Waals surface area contributed by atoms with Crippen LogP contribution in [0.15, 0.2) is 12.2 Å². The van der Waals surface area contributed by atoms with E-state index in [2.05, 4.69) is 50.5 Å². The number of Topliss-reactive ketones (excluding diaryl/α,β-unsaturated/α-hetero) is 1. The number of methoxy groups -OCH3 is 2. The van der Waals surface area contributed by atoms with Gasteiger partial charge in [0.2, 0.25) is 11.8 Å². The molecule has 2 saturated heterocycles. The predicted octanol–water partition coefficient (Wildman–Crippen LogP) is 13.6. The van der Waals surface area contributed by atoms with Crippen LogP contribution in [0.5, 0.6) is 0 Å². The van der Waals surface area contributed by atoms with Crippen LogP contribution in [0.25, 0.3) is 0 Å². The summed E-state index contributed by atoms with van der Waals surface area (Å²) < 4.78 is 67.8. The van der Waals surface area contributed by atoms with Crippen molar-refractivity contribution in [3.8, 4) is 0 Å². The van der Waals surface area contributed by atoms with Gasteiger partial charge < -0.3 is 68.5 Å². The number of aliphatic hydroxyl groups excluding tert-OH is 1. The first kappa shape index (κ1) is 82.7. The number of aliphatic carboxylic acids is 1. The zero-order valence-corrected chi connectivity index (χ0v) is 57.2. The summed E-state index contributed by atoms with van der Waals surface area (Å²) >= 11 is 0. The Morgan fingerprint density at radius 1 is 0.494 bits per heavy atom. The van der Waals surface area contributed by atoms with Gasteiger partial charge in [0.25, 0.3) is 0 Å². The summed E-state index contributed by atoms with van der Waals surface area (Å²) in [5, 5.41) is 28.0. The summed E-state index contributed by atoms with van der Waals surface area (Å²) in [5.74, 6) is -2.28. The number of aliphatic hydroxyl groups is 1. The molecule has 20 nitrogen and oxygen atoms in total. The quantitative estimate of drug-likeness (QED) is 0.0188. The lowest BCUT2D eigenvalue weighted by atomic mass is 9.95. The largest absolute Gasteiger partial charge is 0.480 e. The third-order valence-corrected chi connectivity index (χ3v) is 17.5. The number of rotatable bonds is 60. The van der Waals surface area contributed by atoms with Gasteiger partial charge in [-0.1, -0.05) is 213 Å². The minimum Gasteiger partial charge on any atom is -0.480 e. The van der Waals surface area contributed by atoms with Gasteiger partial charge in [0.05, 0.1) is 19.3 Å². The summed E-state index contributed by atoms with van der Waals surface area (Å²) in [6.07, 6.45) is 31.2. The number of nitrogens with one attached hydrogen (secondary N) is 2. The fourth-order valence-corrected chi connectivity index (χ4v) is 12.3. The number of amides is 2. The van der Waals surface area contributed by atoms with Gasteiger partial charge in [-0.3, -0.25) is 18.9 Å². The number of carboxylic acids is 1. The summed E-state index contributed by atoms with van der Waals surface area (Å²) in [6.45, 7) is 7.41. The molecule has 21 heteroatoms.